The van der Waals surface area contributed by atoms with Crippen LogP contribution in [0.2, 0.25) is 0 Å². The van der Waals surface area contributed by atoms with E-state index in [0.29, 0.717) is 13.0 Å². The van der Waals surface area contributed by atoms with Crippen molar-refractivity contribution in [3.05, 3.63) is 23.8 Å². The van der Waals surface area contributed by atoms with E-state index in [4.69, 9.17) is 9.47 Å². The van der Waals surface area contributed by atoms with E-state index in [-0.39, 0.29) is 11.9 Å². The second kappa shape index (κ2) is 7.59. The zero-order chi connectivity index (χ0) is 15.2. The Morgan fingerprint density at radius 1 is 1.52 bits per heavy atom. The predicted octanol–water partition coefficient (Wildman–Crippen LogP) is 2.60. The minimum absolute atomic E-state index is 0.0911. The molecular weight excluding hydrogens is 286 g/mol. The lowest BCUT2D eigenvalue weighted by atomic mass is 10.00. The summed E-state index contributed by atoms with van der Waals surface area (Å²) in [6.07, 6.45) is 3.38. The average Bonchev–Trinajstić information content (AvgIpc) is 2.54. The summed E-state index contributed by atoms with van der Waals surface area (Å²) in [6.45, 7) is 3.24. The van der Waals surface area contributed by atoms with Gasteiger partial charge in [-0.15, -0.1) is 0 Å². The number of fused-ring (bicyclic) bond motifs is 1. The van der Waals surface area contributed by atoms with Gasteiger partial charge in [-0.3, -0.25) is 4.79 Å². The highest BCUT2D eigenvalue weighted by Crippen LogP contribution is 2.34. The van der Waals surface area contributed by atoms with Gasteiger partial charge in [0, 0.05) is 30.7 Å². The van der Waals surface area contributed by atoms with Crippen molar-refractivity contribution >= 4 is 17.7 Å². The second-order valence-corrected chi connectivity index (χ2v) is 6.02. The van der Waals surface area contributed by atoms with Crippen LogP contribution in [-0.4, -0.2) is 49.1 Å². The Labute approximate surface area is 130 Å². The van der Waals surface area contributed by atoms with Crippen molar-refractivity contribution in [2.24, 2.45) is 0 Å². The summed E-state index contributed by atoms with van der Waals surface area (Å²) in [5.41, 5.74) is 1.06. The number of thioether (sulfide) groups is 1. The summed E-state index contributed by atoms with van der Waals surface area (Å²) >= 11 is 1.76. The van der Waals surface area contributed by atoms with Crippen LogP contribution in [-0.2, 0) is 11.2 Å². The highest BCUT2D eigenvalue weighted by atomic mass is 32.2. The minimum atomic E-state index is 0.0911. The van der Waals surface area contributed by atoms with E-state index >= 15 is 0 Å². The topological polar surface area (TPSA) is 38.8 Å². The summed E-state index contributed by atoms with van der Waals surface area (Å²) in [5.74, 6) is 2.85. The first-order valence-corrected chi connectivity index (χ1v) is 8.67. The number of ether oxygens (including phenoxy) is 2. The SMILES string of the molecule is CCC(=O)N(CCSC)C1COc2cccc(OC)c2C1. The van der Waals surface area contributed by atoms with Gasteiger partial charge in [-0.1, -0.05) is 13.0 Å². The van der Waals surface area contributed by atoms with Gasteiger partial charge in [-0.05, 0) is 18.4 Å². The number of nitrogens with zero attached hydrogens (tertiary/aromatic N) is 1. The standard InChI is InChI=1S/C16H23NO3S/c1-4-16(18)17(8-9-21-3)12-10-13-14(19-2)6-5-7-15(13)20-11-12/h5-7,12H,4,8-11H2,1-3H3. The number of rotatable bonds is 6. The molecule has 1 aliphatic rings. The molecule has 0 N–H and O–H groups in total. The van der Waals surface area contributed by atoms with Gasteiger partial charge in [0.25, 0.3) is 0 Å². The molecule has 1 aromatic carbocycles. The smallest absolute Gasteiger partial charge is 0.222 e. The van der Waals surface area contributed by atoms with E-state index in [2.05, 4.69) is 6.26 Å². The van der Waals surface area contributed by atoms with Crippen LogP contribution in [0.5, 0.6) is 11.5 Å². The van der Waals surface area contributed by atoms with Gasteiger partial charge < -0.3 is 14.4 Å². The molecule has 1 aromatic rings. The summed E-state index contributed by atoms with van der Waals surface area (Å²) in [5, 5.41) is 0. The summed E-state index contributed by atoms with van der Waals surface area (Å²) in [4.78, 5) is 14.2. The van der Waals surface area contributed by atoms with E-state index < -0.39 is 0 Å². The molecule has 0 aromatic heterocycles. The van der Waals surface area contributed by atoms with Crippen molar-refractivity contribution < 1.29 is 14.3 Å². The second-order valence-electron chi connectivity index (χ2n) is 5.04. The lowest BCUT2D eigenvalue weighted by Crippen LogP contribution is -2.47. The zero-order valence-electron chi connectivity index (χ0n) is 12.9. The summed E-state index contributed by atoms with van der Waals surface area (Å²) < 4.78 is 11.3. The van der Waals surface area contributed by atoms with Crippen LogP contribution in [0, 0.1) is 0 Å². The highest BCUT2D eigenvalue weighted by molar-refractivity contribution is 7.98. The Balaban J connectivity index is 2.19. The van der Waals surface area contributed by atoms with Crippen molar-refractivity contribution in [2.45, 2.75) is 25.8 Å². The molecular formula is C16H23NO3S. The van der Waals surface area contributed by atoms with Gasteiger partial charge in [0.15, 0.2) is 0 Å². The molecule has 1 atom stereocenters. The largest absolute Gasteiger partial charge is 0.496 e. The van der Waals surface area contributed by atoms with Crippen molar-refractivity contribution in [1.82, 2.24) is 4.90 Å². The van der Waals surface area contributed by atoms with Crippen LogP contribution in [0.15, 0.2) is 18.2 Å². The first kappa shape index (κ1) is 16.0. The Kier molecular flexibility index (Phi) is 5.79. The Hall–Kier alpha value is -1.36. The minimum Gasteiger partial charge on any atom is -0.496 e. The van der Waals surface area contributed by atoms with Gasteiger partial charge in [0.1, 0.15) is 18.1 Å². The number of methoxy groups -OCH3 is 1. The Morgan fingerprint density at radius 3 is 3.00 bits per heavy atom. The van der Waals surface area contributed by atoms with Gasteiger partial charge in [0.05, 0.1) is 13.2 Å². The van der Waals surface area contributed by atoms with Crippen LogP contribution >= 0.6 is 11.8 Å². The van der Waals surface area contributed by atoms with E-state index in [9.17, 15) is 4.79 Å². The zero-order valence-corrected chi connectivity index (χ0v) is 13.7. The third kappa shape index (κ3) is 3.64. The predicted molar refractivity (Wildman–Crippen MR) is 86.4 cm³/mol. The van der Waals surface area contributed by atoms with E-state index in [1.807, 2.05) is 30.0 Å². The maximum atomic E-state index is 12.2. The molecule has 0 radical (unpaired) electrons. The number of benzene rings is 1. The van der Waals surface area contributed by atoms with E-state index in [1.54, 1.807) is 18.9 Å². The first-order chi connectivity index (χ1) is 10.2. The van der Waals surface area contributed by atoms with E-state index in [1.165, 1.54) is 0 Å². The number of carbonyl (C=O) groups is 1. The maximum Gasteiger partial charge on any atom is 0.222 e. The number of hydrogen-bond acceptors (Lipinski definition) is 4. The fourth-order valence-corrected chi connectivity index (χ4v) is 3.04. The Morgan fingerprint density at radius 2 is 2.33 bits per heavy atom. The summed E-state index contributed by atoms with van der Waals surface area (Å²) in [7, 11) is 1.67. The van der Waals surface area contributed by atoms with Gasteiger partial charge in [-0.25, -0.2) is 0 Å². The van der Waals surface area contributed by atoms with E-state index in [0.717, 1.165) is 35.8 Å². The molecule has 1 aliphatic heterocycles. The van der Waals surface area contributed by atoms with Gasteiger partial charge in [-0.2, -0.15) is 11.8 Å². The number of amides is 1. The molecule has 0 aliphatic carbocycles. The third-order valence-electron chi connectivity index (χ3n) is 3.78. The molecule has 1 amide bonds. The van der Waals surface area contributed by atoms with Crippen LogP contribution in [0.1, 0.15) is 18.9 Å². The van der Waals surface area contributed by atoms with Crippen LogP contribution in [0.25, 0.3) is 0 Å². The quantitative estimate of drug-likeness (QED) is 0.810. The molecule has 4 nitrogen and oxygen atoms in total. The third-order valence-corrected chi connectivity index (χ3v) is 4.37. The van der Waals surface area contributed by atoms with Crippen molar-refractivity contribution in [2.75, 3.05) is 32.3 Å². The van der Waals surface area contributed by atoms with Crippen molar-refractivity contribution in [1.29, 1.82) is 0 Å². The maximum absolute atomic E-state index is 12.2. The molecule has 5 heteroatoms. The molecule has 0 saturated carbocycles. The van der Waals surface area contributed by atoms with Gasteiger partial charge in [0.2, 0.25) is 5.91 Å². The highest BCUT2D eigenvalue weighted by Gasteiger charge is 2.29. The van der Waals surface area contributed by atoms with Crippen LogP contribution in [0.3, 0.4) is 0 Å². The number of hydrogen-bond donors (Lipinski definition) is 0. The average molecular weight is 309 g/mol. The normalized spacial score (nSPS) is 16.8. The molecule has 0 fully saturated rings. The monoisotopic (exact) mass is 309 g/mol. The van der Waals surface area contributed by atoms with Crippen LogP contribution < -0.4 is 9.47 Å². The molecule has 1 unspecified atom stereocenters. The molecule has 2 rings (SSSR count). The van der Waals surface area contributed by atoms with Gasteiger partial charge >= 0.3 is 0 Å². The lowest BCUT2D eigenvalue weighted by Gasteiger charge is -2.35. The molecule has 0 spiro atoms. The Bertz CT molecular complexity index is 478. The molecule has 1 heterocycles. The fourth-order valence-electron chi connectivity index (χ4n) is 2.66. The molecule has 21 heavy (non-hydrogen) atoms. The van der Waals surface area contributed by atoms with Crippen LogP contribution in [0.4, 0.5) is 0 Å². The molecule has 116 valence electrons. The lowest BCUT2D eigenvalue weighted by molar-refractivity contribution is -0.133. The molecule has 0 bridgehead atoms. The van der Waals surface area contributed by atoms with Crippen molar-refractivity contribution in [3.8, 4) is 11.5 Å². The number of carbonyl (C=O) groups excluding carboxylic acids is 1. The molecule has 0 saturated heterocycles. The van der Waals surface area contributed by atoms with Crippen molar-refractivity contribution in [3.63, 3.8) is 0 Å². The fraction of sp³-hybridized carbons (Fsp3) is 0.562. The first-order valence-electron chi connectivity index (χ1n) is 7.28. The summed E-state index contributed by atoms with van der Waals surface area (Å²) in [6, 6.07) is 5.93.